The summed E-state index contributed by atoms with van der Waals surface area (Å²) < 4.78 is 3.51. The fraction of sp³-hybridized carbons (Fsp3) is 0.900. The average Bonchev–Trinajstić information content (AvgIpc) is 3.30. The molecule has 4 heteroatoms. The second kappa shape index (κ2) is 5.35. The fourth-order valence-electron chi connectivity index (χ4n) is 7.11. The molecule has 6 fully saturated rings. The summed E-state index contributed by atoms with van der Waals surface area (Å²) in [7, 11) is 0. The van der Waals surface area contributed by atoms with Gasteiger partial charge < -0.3 is 0 Å². The Kier molecular flexibility index (Phi) is 3.60. The van der Waals surface area contributed by atoms with Crippen LogP contribution in [-0.2, 0) is 0 Å². The first-order valence-corrected chi connectivity index (χ1v) is 13.5. The summed E-state index contributed by atoms with van der Waals surface area (Å²) in [6.45, 7) is 10.1. The van der Waals surface area contributed by atoms with Crippen molar-refractivity contribution in [3.05, 3.63) is 8.47 Å². The second-order valence-electron chi connectivity index (χ2n) is 9.47. The molecule has 132 valence electrons. The van der Waals surface area contributed by atoms with E-state index in [0.29, 0.717) is 0 Å². The Morgan fingerprint density at radius 1 is 0.500 bits per heavy atom. The molecule has 0 nitrogen and oxygen atoms in total. The molecule has 2 saturated heterocycles. The van der Waals surface area contributed by atoms with Crippen molar-refractivity contribution in [2.45, 2.75) is 61.5 Å². The smallest absolute Gasteiger partial charge is 0.0609 e. The van der Waals surface area contributed by atoms with Crippen LogP contribution in [0.3, 0.4) is 0 Å². The van der Waals surface area contributed by atoms with Crippen LogP contribution in [0.1, 0.15) is 40.5 Å². The van der Waals surface area contributed by atoms with Gasteiger partial charge in [-0.25, -0.2) is 0 Å². The first-order chi connectivity index (χ1) is 11.5. The molecule has 6 aliphatic rings. The van der Waals surface area contributed by atoms with Gasteiger partial charge in [0.05, 0.1) is 8.47 Å². The van der Waals surface area contributed by atoms with E-state index in [9.17, 15) is 0 Å². The summed E-state index contributed by atoms with van der Waals surface area (Å²) >= 11 is 9.25. The minimum absolute atomic E-state index is 0.949. The number of rotatable bonds is 0. The van der Waals surface area contributed by atoms with Crippen molar-refractivity contribution < 1.29 is 0 Å². The summed E-state index contributed by atoms with van der Waals surface area (Å²) in [6, 6.07) is 0. The van der Waals surface area contributed by atoms with Crippen molar-refractivity contribution in [3.8, 4) is 0 Å². The van der Waals surface area contributed by atoms with Crippen LogP contribution in [-0.4, -0.2) is 21.0 Å². The van der Waals surface area contributed by atoms with Crippen LogP contribution in [0.2, 0.25) is 0 Å². The molecule has 24 heavy (non-hydrogen) atoms. The van der Waals surface area contributed by atoms with Crippen LogP contribution in [0.25, 0.3) is 0 Å². The highest BCUT2D eigenvalue weighted by atomic mass is 32.2. The molecule has 0 aromatic carbocycles. The molecule has 0 spiro atoms. The summed E-state index contributed by atoms with van der Waals surface area (Å²) in [5.74, 6) is 7.92. The number of fused-ring (bicyclic) bond motifs is 10. The SMILES string of the molecule is C[C@@H]1[C@H](C)[C@H]2C[C@H]1[C@@H]1SC(=C3S[C@@H]4[C@H]5C[C@@H]([C@H](C)[C@@H]5C)[C@@H]4S3)S[C@H]21. The van der Waals surface area contributed by atoms with E-state index in [2.05, 4.69) is 74.7 Å². The predicted octanol–water partition coefficient (Wildman–Crippen LogP) is 6.39. The number of hydrogen-bond donors (Lipinski definition) is 0. The maximum atomic E-state index is 2.53. The minimum atomic E-state index is 0.949. The second-order valence-corrected chi connectivity index (χ2v) is 14.7. The topological polar surface area (TPSA) is 0 Å². The Labute approximate surface area is 163 Å². The van der Waals surface area contributed by atoms with Crippen molar-refractivity contribution in [2.75, 3.05) is 0 Å². The Bertz CT molecular complexity index is 515. The maximum absolute atomic E-state index is 2.53. The Balaban J connectivity index is 1.26. The van der Waals surface area contributed by atoms with Crippen LogP contribution >= 0.6 is 47.0 Å². The highest BCUT2D eigenvalue weighted by Crippen LogP contribution is 2.72. The van der Waals surface area contributed by atoms with E-state index in [0.717, 1.165) is 68.3 Å². The largest absolute Gasteiger partial charge is 0.113 e. The number of thioether (sulfide) groups is 4. The molecule has 4 bridgehead atoms. The van der Waals surface area contributed by atoms with Gasteiger partial charge in [0.25, 0.3) is 0 Å². The van der Waals surface area contributed by atoms with Gasteiger partial charge in [0.2, 0.25) is 0 Å². The third-order valence-electron chi connectivity index (χ3n) is 8.92. The van der Waals surface area contributed by atoms with E-state index in [1.807, 2.05) is 0 Å². The molecule has 6 rings (SSSR count). The van der Waals surface area contributed by atoms with Crippen molar-refractivity contribution >= 4 is 47.0 Å². The first-order valence-electron chi connectivity index (χ1n) is 9.95. The van der Waals surface area contributed by atoms with Gasteiger partial charge in [-0.3, -0.25) is 0 Å². The number of hydrogen-bond acceptors (Lipinski definition) is 4. The summed E-state index contributed by atoms with van der Waals surface area (Å²) in [5.41, 5.74) is 0. The Morgan fingerprint density at radius 3 is 1.00 bits per heavy atom. The van der Waals surface area contributed by atoms with E-state index in [4.69, 9.17) is 0 Å². The lowest BCUT2D eigenvalue weighted by molar-refractivity contribution is 0.274. The third kappa shape index (κ3) is 1.91. The standard InChI is InChI=1S/C20H28S4/c1-7-8(2)12-5-11(7)15-16(12)22-19(21-15)20-23-17-13-6-14(18(17)24-20)10(4)9(13)3/h7-18H,5-6H2,1-4H3/t7-,8+,9-,10+,11-,12-,13+,14+,15+,16-,17+,18-. The lowest BCUT2D eigenvalue weighted by atomic mass is 9.81. The molecule has 2 heterocycles. The highest BCUT2D eigenvalue weighted by molar-refractivity contribution is 8.31. The lowest BCUT2D eigenvalue weighted by Crippen LogP contribution is -2.33. The van der Waals surface area contributed by atoms with Gasteiger partial charge >= 0.3 is 0 Å². The third-order valence-corrected chi connectivity index (χ3v) is 16.3. The minimum Gasteiger partial charge on any atom is -0.113 e. The molecular weight excluding hydrogens is 368 g/mol. The van der Waals surface area contributed by atoms with Crippen molar-refractivity contribution in [2.24, 2.45) is 47.3 Å². The Hall–Kier alpha value is 1.14. The van der Waals surface area contributed by atoms with Gasteiger partial charge in [0.15, 0.2) is 0 Å². The Morgan fingerprint density at radius 2 is 0.750 bits per heavy atom. The molecule has 0 amide bonds. The molecule has 0 radical (unpaired) electrons. The molecule has 0 aromatic heterocycles. The first kappa shape index (κ1) is 16.1. The van der Waals surface area contributed by atoms with E-state index in [1.165, 1.54) is 12.8 Å². The fourth-order valence-corrected chi connectivity index (χ4v) is 15.6. The van der Waals surface area contributed by atoms with Crippen LogP contribution in [0.5, 0.6) is 0 Å². The monoisotopic (exact) mass is 396 g/mol. The van der Waals surface area contributed by atoms with Gasteiger partial charge in [0.1, 0.15) is 0 Å². The van der Waals surface area contributed by atoms with Gasteiger partial charge in [0, 0.05) is 21.0 Å². The predicted molar refractivity (Wildman–Crippen MR) is 112 cm³/mol. The summed E-state index contributed by atoms with van der Waals surface area (Å²) in [6.07, 6.45) is 3.07. The van der Waals surface area contributed by atoms with E-state index in [-0.39, 0.29) is 0 Å². The lowest BCUT2D eigenvalue weighted by Gasteiger charge is -2.32. The van der Waals surface area contributed by atoms with Crippen LogP contribution in [0.15, 0.2) is 8.47 Å². The normalized spacial score (nSPS) is 66.5. The van der Waals surface area contributed by atoms with Crippen LogP contribution in [0, 0.1) is 47.3 Å². The van der Waals surface area contributed by atoms with Gasteiger partial charge in [-0.15, -0.1) is 47.0 Å². The van der Waals surface area contributed by atoms with E-state index >= 15 is 0 Å². The van der Waals surface area contributed by atoms with Gasteiger partial charge in [-0.05, 0) is 60.2 Å². The molecule has 12 atom stereocenters. The zero-order valence-electron chi connectivity index (χ0n) is 15.0. The highest BCUT2D eigenvalue weighted by Gasteiger charge is 2.61. The molecule has 0 N–H and O–H groups in total. The average molecular weight is 397 g/mol. The zero-order valence-corrected chi connectivity index (χ0v) is 18.2. The summed E-state index contributed by atoms with van der Waals surface area (Å²) in [5, 5.41) is 3.80. The van der Waals surface area contributed by atoms with Gasteiger partial charge in [-0.2, -0.15) is 0 Å². The quantitative estimate of drug-likeness (QED) is 0.465. The molecular formula is C20H28S4. The van der Waals surface area contributed by atoms with Crippen LogP contribution in [0.4, 0.5) is 0 Å². The van der Waals surface area contributed by atoms with Crippen molar-refractivity contribution in [3.63, 3.8) is 0 Å². The molecule has 4 aliphatic carbocycles. The molecule has 0 aromatic rings. The molecule has 2 aliphatic heterocycles. The van der Waals surface area contributed by atoms with Crippen LogP contribution < -0.4 is 0 Å². The summed E-state index contributed by atoms with van der Waals surface area (Å²) in [4.78, 5) is 0. The van der Waals surface area contributed by atoms with E-state index < -0.39 is 0 Å². The van der Waals surface area contributed by atoms with Crippen molar-refractivity contribution in [1.82, 2.24) is 0 Å². The zero-order chi connectivity index (χ0) is 16.3. The molecule has 0 unspecified atom stereocenters. The van der Waals surface area contributed by atoms with Gasteiger partial charge in [-0.1, -0.05) is 27.7 Å². The molecule has 4 saturated carbocycles. The van der Waals surface area contributed by atoms with E-state index in [1.54, 1.807) is 8.47 Å². The maximum Gasteiger partial charge on any atom is 0.0609 e. The van der Waals surface area contributed by atoms with Crippen molar-refractivity contribution in [1.29, 1.82) is 0 Å².